The molecule has 0 aromatic heterocycles. The van der Waals surface area contributed by atoms with E-state index in [1.54, 1.807) is 0 Å². The van der Waals surface area contributed by atoms with E-state index in [4.69, 9.17) is 4.74 Å². The lowest BCUT2D eigenvalue weighted by Gasteiger charge is -2.17. The Morgan fingerprint density at radius 2 is 2.05 bits per heavy atom. The topological polar surface area (TPSA) is 29.6 Å². The lowest BCUT2D eigenvalue weighted by atomic mass is 9.86. The number of ketones is 1. The molecule has 2 heteroatoms. The SMILES string of the molecule is C=C(C)[C@H]1CC/C(C)=C/CC/C(C)=C\C(=O)C[C@]2(C)O[C@H]2C1. The van der Waals surface area contributed by atoms with Crippen LogP contribution in [0.2, 0.25) is 0 Å². The zero-order valence-corrected chi connectivity index (χ0v) is 14.6. The normalized spacial score (nSPS) is 38.8. The van der Waals surface area contributed by atoms with E-state index in [9.17, 15) is 4.79 Å². The Morgan fingerprint density at radius 3 is 2.73 bits per heavy atom. The van der Waals surface area contributed by atoms with Crippen LogP contribution in [0.15, 0.2) is 35.5 Å². The molecule has 0 amide bonds. The standard InChI is InChI=1S/C20H30O2/c1-14(2)17-10-9-15(3)7-6-8-16(4)11-18(21)13-20(5)19(12-17)22-20/h7,11,17,19H,1,6,8-10,12-13H2,2-5H3/b15-7+,16-11-/t17-,19-,20-/m0/s1. The third-order valence-electron chi connectivity index (χ3n) is 5.08. The molecule has 22 heavy (non-hydrogen) atoms. The number of allylic oxidation sites excluding steroid dienone is 5. The number of rotatable bonds is 1. The molecule has 1 fully saturated rings. The van der Waals surface area contributed by atoms with Crippen molar-refractivity contribution in [2.45, 2.75) is 77.9 Å². The van der Waals surface area contributed by atoms with Crippen LogP contribution in [0.3, 0.4) is 0 Å². The second kappa shape index (κ2) is 6.95. The van der Waals surface area contributed by atoms with Crippen LogP contribution in [0.1, 0.15) is 66.2 Å². The molecule has 0 saturated carbocycles. The van der Waals surface area contributed by atoms with Crippen molar-refractivity contribution >= 4 is 5.78 Å². The Labute approximate surface area is 135 Å². The number of ether oxygens (including phenoxy) is 1. The molecule has 1 aliphatic heterocycles. The fourth-order valence-electron chi connectivity index (χ4n) is 3.36. The lowest BCUT2D eigenvalue weighted by molar-refractivity contribution is -0.115. The summed E-state index contributed by atoms with van der Waals surface area (Å²) in [5.74, 6) is 0.692. The third kappa shape index (κ3) is 4.67. The smallest absolute Gasteiger partial charge is 0.158 e. The Bertz CT molecular complexity index is 512. The first-order valence-electron chi connectivity index (χ1n) is 8.49. The van der Waals surface area contributed by atoms with Gasteiger partial charge in [0.1, 0.15) is 0 Å². The molecule has 3 atom stereocenters. The molecule has 0 aromatic carbocycles. The van der Waals surface area contributed by atoms with Crippen molar-refractivity contribution in [3.05, 3.63) is 35.5 Å². The van der Waals surface area contributed by atoms with Crippen LogP contribution < -0.4 is 0 Å². The molecule has 0 aromatic rings. The molecule has 1 saturated heterocycles. The summed E-state index contributed by atoms with van der Waals surface area (Å²) < 4.78 is 5.89. The van der Waals surface area contributed by atoms with Gasteiger partial charge in [-0.05, 0) is 71.8 Å². The van der Waals surface area contributed by atoms with Crippen LogP contribution in [0.4, 0.5) is 0 Å². The Kier molecular flexibility index (Phi) is 5.44. The van der Waals surface area contributed by atoms with Crippen molar-refractivity contribution in [1.29, 1.82) is 0 Å². The minimum absolute atomic E-state index is 0.201. The maximum absolute atomic E-state index is 12.2. The van der Waals surface area contributed by atoms with Gasteiger partial charge in [0.05, 0.1) is 11.7 Å². The first kappa shape index (κ1) is 17.2. The number of fused-ring (bicyclic) bond motifs is 1. The van der Waals surface area contributed by atoms with Gasteiger partial charge < -0.3 is 4.74 Å². The third-order valence-corrected chi connectivity index (χ3v) is 5.08. The number of hydrogen-bond acceptors (Lipinski definition) is 2. The Morgan fingerprint density at radius 1 is 1.32 bits per heavy atom. The number of carbonyl (C=O) groups is 1. The maximum Gasteiger partial charge on any atom is 0.158 e. The summed E-state index contributed by atoms with van der Waals surface area (Å²) in [5.41, 5.74) is 3.60. The molecule has 1 aliphatic carbocycles. The van der Waals surface area contributed by atoms with Crippen molar-refractivity contribution in [3.8, 4) is 0 Å². The number of hydrogen-bond donors (Lipinski definition) is 0. The highest BCUT2D eigenvalue weighted by Gasteiger charge is 2.53. The van der Waals surface area contributed by atoms with Crippen LogP contribution in [-0.4, -0.2) is 17.5 Å². The van der Waals surface area contributed by atoms with Crippen molar-refractivity contribution in [2.24, 2.45) is 5.92 Å². The largest absolute Gasteiger partial charge is 0.366 e. The van der Waals surface area contributed by atoms with E-state index in [0.29, 0.717) is 12.3 Å². The summed E-state index contributed by atoms with van der Waals surface area (Å²) >= 11 is 0. The second-order valence-corrected chi connectivity index (χ2v) is 7.46. The summed E-state index contributed by atoms with van der Waals surface area (Å²) in [6.07, 6.45) is 10.1. The summed E-state index contributed by atoms with van der Waals surface area (Å²) in [6, 6.07) is 0. The fourth-order valence-corrected chi connectivity index (χ4v) is 3.36. The predicted molar refractivity (Wildman–Crippen MR) is 91.8 cm³/mol. The zero-order valence-electron chi connectivity index (χ0n) is 14.6. The van der Waals surface area contributed by atoms with Crippen molar-refractivity contribution in [1.82, 2.24) is 0 Å². The quantitative estimate of drug-likeness (QED) is 0.495. The molecule has 122 valence electrons. The first-order chi connectivity index (χ1) is 10.3. The first-order valence-corrected chi connectivity index (χ1v) is 8.49. The van der Waals surface area contributed by atoms with Crippen LogP contribution in [0.25, 0.3) is 0 Å². The van der Waals surface area contributed by atoms with Gasteiger partial charge >= 0.3 is 0 Å². The van der Waals surface area contributed by atoms with Gasteiger partial charge in [-0.25, -0.2) is 0 Å². The van der Waals surface area contributed by atoms with Gasteiger partial charge in [-0.3, -0.25) is 4.79 Å². The van der Waals surface area contributed by atoms with E-state index in [2.05, 4.69) is 40.3 Å². The maximum atomic E-state index is 12.2. The highest BCUT2D eigenvalue weighted by molar-refractivity contribution is 5.91. The van der Waals surface area contributed by atoms with Gasteiger partial charge in [-0.15, -0.1) is 0 Å². The van der Waals surface area contributed by atoms with Gasteiger partial charge in [0.2, 0.25) is 0 Å². The van der Waals surface area contributed by atoms with E-state index >= 15 is 0 Å². The van der Waals surface area contributed by atoms with E-state index in [0.717, 1.165) is 32.1 Å². The molecular formula is C20H30O2. The minimum atomic E-state index is -0.253. The van der Waals surface area contributed by atoms with Crippen molar-refractivity contribution in [2.75, 3.05) is 0 Å². The van der Waals surface area contributed by atoms with E-state index in [-0.39, 0.29) is 17.5 Å². The van der Waals surface area contributed by atoms with Crippen LogP contribution in [0.5, 0.6) is 0 Å². The second-order valence-electron chi connectivity index (χ2n) is 7.46. The van der Waals surface area contributed by atoms with Gasteiger partial charge in [-0.1, -0.05) is 29.4 Å². The van der Waals surface area contributed by atoms with Crippen LogP contribution in [0, 0.1) is 5.92 Å². The van der Waals surface area contributed by atoms with Crippen LogP contribution in [-0.2, 0) is 9.53 Å². The minimum Gasteiger partial charge on any atom is -0.366 e. The molecule has 2 aliphatic rings. The van der Waals surface area contributed by atoms with Crippen LogP contribution >= 0.6 is 0 Å². The van der Waals surface area contributed by atoms with E-state index in [1.807, 2.05) is 6.08 Å². The molecule has 1 heterocycles. The van der Waals surface area contributed by atoms with Gasteiger partial charge in [0.15, 0.2) is 5.78 Å². The highest BCUT2D eigenvalue weighted by Crippen LogP contribution is 2.45. The molecule has 0 unspecified atom stereocenters. The summed E-state index contributed by atoms with van der Waals surface area (Å²) in [7, 11) is 0. The Balaban J connectivity index is 2.13. The number of carbonyl (C=O) groups excluding carboxylic acids is 1. The summed E-state index contributed by atoms with van der Waals surface area (Å²) in [6.45, 7) is 12.6. The summed E-state index contributed by atoms with van der Waals surface area (Å²) in [5, 5.41) is 0. The summed E-state index contributed by atoms with van der Waals surface area (Å²) in [4.78, 5) is 12.2. The average Bonchev–Trinajstić information content (AvgIpc) is 3.02. The molecule has 0 radical (unpaired) electrons. The van der Waals surface area contributed by atoms with Gasteiger partial charge in [0.25, 0.3) is 0 Å². The zero-order chi connectivity index (χ0) is 16.3. The monoisotopic (exact) mass is 302 g/mol. The molecule has 0 spiro atoms. The highest BCUT2D eigenvalue weighted by atomic mass is 16.6. The predicted octanol–water partition coefficient (Wildman–Crippen LogP) is 5.15. The van der Waals surface area contributed by atoms with Gasteiger partial charge in [0, 0.05) is 6.42 Å². The Hall–Kier alpha value is -1.15. The number of epoxide rings is 1. The van der Waals surface area contributed by atoms with Crippen molar-refractivity contribution in [3.63, 3.8) is 0 Å². The molecule has 0 N–H and O–H groups in total. The van der Waals surface area contributed by atoms with Crippen molar-refractivity contribution < 1.29 is 9.53 Å². The van der Waals surface area contributed by atoms with Gasteiger partial charge in [-0.2, -0.15) is 0 Å². The van der Waals surface area contributed by atoms with E-state index in [1.165, 1.54) is 16.7 Å². The van der Waals surface area contributed by atoms with E-state index < -0.39 is 0 Å². The molecular weight excluding hydrogens is 272 g/mol. The molecule has 2 rings (SSSR count). The average molecular weight is 302 g/mol. The molecule has 0 bridgehead atoms. The fraction of sp³-hybridized carbons (Fsp3) is 0.650. The lowest BCUT2D eigenvalue weighted by Crippen LogP contribution is -2.18. The molecule has 2 nitrogen and oxygen atoms in total.